The fourth-order valence-electron chi connectivity index (χ4n) is 1.36. The second-order valence-electron chi connectivity index (χ2n) is 3.73. The van der Waals surface area contributed by atoms with Gasteiger partial charge >= 0.3 is 0 Å². The molecule has 88 valence electrons. The fourth-order valence-corrected chi connectivity index (χ4v) is 1.36. The number of nitrogens with two attached hydrogens (primary N) is 2. The first-order valence-corrected chi connectivity index (χ1v) is 5.11. The van der Waals surface area contributed by atoms with E-state index < -0.39 is 0 Å². The topological polar surface area (TPSA) is 101 Å². The van der Waals surface area contributed by atoms with E-state index in [9.17, 15) is 4.79 Å². The lowest BCUT2D eigenvalue weighted by molar-refractivity contribution is 0.0935. The lowest BCUT2D eigenvalue weighted by atomic mass is 10.1. The van der Waals surface area contributed by atoms with Gasteiger partial charge in [-0.15, -0.1) is 0 Å². The Morgan fingerprint density at radius 1 is 1.50 bits per heavy atom. The van der Waals surface area contributed by atoms with Crippen molar-refractivity contribution < 1.29 is 9.90 Å². The van der Waals surface area contributed by atoms with Crippen LogP contribution in [0.3, 0.4) is 0 Å². The number of aliphatic hydroxyl groups excluding tert-OH is 1. The van der Waals surface area contributed by atoms with Crippen molar-refractivity contribution in [1.82, 2.24) is 5.32 Å². The van der Waals surface area contributed by atoms with Gasteiger partial charge in [0.05, 0.1) is 5.56 Å². The summed E-state index contributed by atoms with van der Waals surface area (Å²) < 4.78 is 0. The van der Waals surface area contributed by atoms with E-state index in [-0.39, 0.29) is 18.6 Å². The van der Waals surface area contributed by atoms with Gasteiger partial charge in [0, 0.05) is 24.0 Å². The number of anilines is 2. The number of rotatable bonds is 4. The van der Waals surface area contributed by atoms with Crippen LogP contribution in [-0.4, -0.2) is 23.7 Å². The van der Waals surface area contributed by atoms with Crippen LogP contribution < -0.4 is 16.8 Å². The normalized spacial score (nSPS) is 12.1. The largest absolute Gasteiger partial charge is 0.399 e. The first-order chi connectivity index (χ1) is 7.54. The Morgan fingerprint density at radius 3 is 2.75 bits per heavy atom. The van der Waals surface area contributed by atoms with Crippen molar-refractivity contribution in [2.24, 2.45) is 0 Å². The summed E-state index contributed by atoms with van der Waals surface area (Å²) in [6.07, 6.45) is 0.515. The third-order valence-electron chi connectivity index (χ3n) is 2.26. The number of carbonyl (C=O) groups excluding carboxylic acids is 1. The Hall–Kier alpha value is -1.75. The SMILES string of the molecule is CC(CCO)NC(=O)c1ccc(N)cc1N. The van der Waals surface area contributed by atoms with Crippen LogP contribution in [-0.2, 0) is 0 Å². The maximum absolute atomic E-state index is 11.7. The third kappa shape index (κ3) is 3.13. The summed E-state index contributed by atoms with van der Waals surface area (Å²) in [5.41, 5.74) is 12.5. The van der Waals surface area contributed by atoms with Crippen molar-refractivity contribution in [2.75, 3.05) is 18.1 Å². The number of carbonyl (C=O) groups is 1. The van der Waals surface area contributed by atoms with E-state index in [1.807, 2.05) is 6.92 Å². The van der Waals surface area contributed by atoms with Gasteiger partial charge in [0.2, 0.25) is 0 Å². The molecule has 1 unspecified atom stereocenters. The molecule has 5 nitrogen and oxygen atoms in total. The van der Waals surface area contributed by atoms with E-state index in [0.717, 1.165) is 0 Å². The molecule has 0 aliphatic rings. The highest BCUT2D eigenvalue weighted by Gasteiger charge is 2.12. The first-order valence-electron chi connectivity index (χ1n) is 5.11. The van der Waals surface area contributed by atoms with Gasteiger partial charge < -0.3 is 21.9 Å². The van der Waals surface area contributed by atoms with Crippen LogP contribution >= 0.6 is 0 Å². The molecule has 0 radical (unpaired) electrons. The van der Waals surface area contributed by atoms with Crippen LogP contribution in [0.2, 0.25) is 0 Å². The fraction of sp³-hybridized carbons (Fsp3) is 0.364. The molecular weight excluding hydrogens is 206 g/mol. The predicted molar refractivity (Wildman–Crippen MR) is 63.9 cm³/mol. The Labute approximate surface area is 94.4 Å². The summed E-state index contributed by atoms with van der Waals surface area (Å²) in [7, 11) is 0. The highest BCUT2D eigenvalue weighted by Crippen LogP contribution is 2.15. The lowest BCUT2D eigenvalue weighted by Crippen LogP contribution is -2.33. The number of benzene rings is 1. The van der Waals surface area contributed by atoms with Gasteiger partial charge in [0.15, 0.2) is 0 Å². The Bertz CT molecular complexity index is 379. The van der Waals surface area contributed by atoms with E-state index in [0.29, 0.717) is 23.4 Å². The number of aliphatic hydroxyl groups is 1. The van der Waals surface area contributed by atoms with Gasteiger partial charge in [-0.05, 0) is 31.5 Å². The van der Waals surface area contributed by atoms with E-state index in [4.69, 9.17) is 16.6 Å². The molecular formula is C11H17N3O2. The van der Waals surface area contributed by atoms with Crippen molar-refractivity contribution >= 4 is 17.3 Å². The van der Waals surface area contributed by atoms with Crippen LogP contribution in [0, 0.1) is 0 Å². The van der Waals surface area contributed by atoms with Gasteiger partial charge in [0.25, 0.3) is 5.91 Å². The first kappa shape index (κ1) is 12.3. The monoisotopic (exact) mass is 223 g/mol. The minimum Gasteiger partial charge on any atom is -0.399 e. The van der Waals surface area contributed by atoms with Crippen molar-refractivity contribution in [3.05, 3.63) is 23.8 Å². The van der Waals surface area contributed by atoms with Crippen molar-refractivity contribution in [2.45, 2.75) is 19.4 Å². The molecule has 0 heterocycles. The maximum Gasteiger partial charge on any atom is 0.253 e. The van der Waals surface area contributed by atoms with E-state index in [1.165, 1.54) is 0 Å². The van der Waals surface area contributed by atoms with Crippen molar-refractivity contribution in [3.8, 4) is 0 Å². The summed E-state index contributed by atoms with van der Waals surface area (Å²) in [5.74, 6) is -0.251. The average molecular weight is 223 g/mol. The third-order valence-corrected chi connectivity index (χ3v) is 2.26. The molecule has 5 heteroatoms. The zero-order valence-corrected chi connectivity index (χ0v) is 9.23. The Morgan fingerprint density at radius 2 is 2.19 bits per heavy atom. The molecule has 16 heavy (non-hydrogen) atoms. The quantitative estimate of drug-likeness (QED) is 0.553. The highest BCUT2D eigenvalue weighted by atomic mass is 16.3. The second-order valence-corrected chi connectivity index (χ2v) is 3.73. The molecule has 0 aliphatic heterocycles. The maximum atomic E-state index is 11.7. The standard InChI is InChI=1S/C11H17N3O2/c1-7(4-5-15)14-11(16)9-3-2-8(12)6-10(9)13/h2-3,6-7,15H,4-5,12-13H2,1H3,(H,14,16). The number of hydrogen-bond donors (Lipinski definition) is 4. The number of hydrogen-bond acceptors (Lipinski definition) is 4. The molecule has 0 saturated carbocycles. The Balaban J connectivity index is 2.73. The van der Waals surface area contributed by atoms with E-state index in [1.54, 1.807) is 18.2 Å². The van der Waals surface area contributed by atoms with E-state index >= 15 is 0 Å². The van der Waals surface area contributed by atoms with Crippen molar-refractivity contribution in [1.29, 1.82) is 0 Å². The van der Waals surface area contributed by atoms with E-state index in [2.05, 4.69) is 5.32 Å². The molecule has 0 bridgehead atoms. The van der Waals surface area contributed by atoms with Crippen LogP contribution in [0.4, 0.5) is 11.4 Å². The molecule has 1 rings (SSSR count). The zero-order valence-electron chi connectivity index (χ0n) is 9.23. The summed E-state index contributed by atoms with van der Waals surface area (Å²) in [4.78, 5) is 11.7. The molecule has 1 amide bonds. The molecule has 0 saturated heterocycles. The van der Waals surface area contributed by atoms with Crippen molar-refractivity contribution in [3.63, 3.8) is 0 Å². The second kappa shape index (κ2) is 5.37. The van der Waals surface area contributed by atoms with Gasteiger partial charge in [0.1, 0.15) is 0 Å². The molecule has 1 aromatic carbocycles. The minimum absolute atomic E-state index is 0.0403. The minimum atomic E-state index is -0.251. The number of nitrogen functional groups attached to an aromatic ring is 2. The van der Waals surface area contributed by atoms with Crippen LogP contribution in [0.5, 0.6) is 0 Å². The predicted octanol–water partition coefficient (Wildman–Crippen LogP) is 0.352. The van der Waals surface area contributed by atoms with Crippen LogP contribution in [0.25, 0.3) is 0 Å². The molecule has 0 spiro atoms. The molecule has 6 N–H and O–H groups in total. The zero-order chi connectivity index (χ0) is 12.1. The molecule has 0 aromatic heterocycles. The molecule has 1 atom stereocenters. The smallest absolute Gasteiger partial charge is 0.253 e. The molecule has 1 aromatic rings. The average Bonchev–Trinajstić information content (AvgIpc) is 2.17. The summed E-state index contributed by atoms with van der Waals surface area (Å²) in [5, 5.41) is 11.5. The number of amides is 1. The van der Waals surface area contributed by atoms with Crippen LogP contribution in [0.15, 0.2) is 18.2 Å². The van der Waals surface area contributed by atoms with Gasteiger partial charge in [-0.25, -0.2) is 0 Å². The molecule has 0 fully saturated rings. The van der Waals surface area contributed by atoms with Gasteiger partial charge in [-0.2, -0.15) is 0 Å². The lowest BCUT2D eigenvalue weighted by Gasteiger charge is -2.13. The Kier molecular flexibility index (Phi) is 4.13. The summed E-state index contributed by atoms with van der Waals surface area (Å²) in [6, 6.07) is 4.67. The van der Waals surface area contributed by atoms with Crippen LogP contribution in [0.1, 0.15) is 23.7 Å². The highest BCUT2D eigenvalue weighted by molar-refractivity contribution is 5.99. The molecule has 0 aliphatic carbocycles. The van der Waals surface area contributed by atoms with Gasteiger partial charge in [-0.1, -0.05) is 0 Å². The summed E-state index contributed by atoms with van der Waals surface area (Å²) >= 11 is 0. The number of nitrogens with one attached hydrogen (secondary N) is 1. The van der Waals surface area contributed by atoms with Gasteiger partial charge in [-0.3, -0.25) is 4.79 Å². The summed E-state index contributed by atoms with van der Waals surface area (Å²) in [6.45, 7) is 1.86.